The van der Waals surface area contributed by atoms with Crippen LogP contribution in [0.1, 0.15) is 33.6 Å². The highest BCUT2D eigenvalue weighted by Crippen LogP contribution is 2.27. The fourth-order valence-electron chi connectivity index (χ4n) is 2.40. The first-order chi connectivity index (χ1) is 6.95. The highest BCUT2D eigenvalue weighted by molar-refractivity contribution is 4.88. The number of nitrogens with zero attached hydrogens (tertiary/aromatic N) is 1. The maximum atomic E-state index is 6.21. The van der Waals surface area contributed by atoms with Crippen molar-refractivity contribution in [1.82, 2.24) is 4.90 Å². The summed E-state index contributed by atoms with van der Waals surface area (Å²) in [5.41, 5.74) is 6.42. The molecule has 2 saturated heterocycles. The van der Waals surface area contributed by atoms with Crippen LogP contribution >= 0.6 is 0 Å². The van der Waals surface area contributed by atoms with Crippen LogP contribution in [-0.2, 0) is 4.74 Å². The monoisotopic (exact) mass is 212 g/mol. The Kier molecular flexibility index (Phi) is 3.06. The maximum Gasteiger partial charge on any atom is 0.0707 e. The topological polar surface area (TPSA) is 38.5 Å². The van der Waals surface area contributed by atoms with E-state index >= 15 is 0 Å². The predicted octanol–water partition coefficient (Wildman–Crippen LogP) is 1.22. The molecule has 0 amide bonds. The van der Waals surface area contributed by atoms with E-state index in [9.17, 15) is 0 Å². The van der Waals surface area contributed by atoms with Crippen molar-refractivity contribution in [2.45, 2.75) is 51.9 Å². The SMILES string of the molecule is CC(C)(C)C(N)CN1CC2CCC(C1)O2. The summed E-state index contributed by atoms with van der Waals surface area (Å²) in [6.07, 6.45) is 3.45. The van der Waals surface area contributed by atoms with Crippen LogP contribution in [0.3, 0.4) is 0 Å². The first-order valence-electron chi connectivity index (χ1n) is 6.08. The second-order valence-corrected chi connectivity index (χ2v) is 6.15. The summed E-state index contributed by atoms with van der Waals surface area (Å²) in [5.74, 6) is 0. The number of likely N-dealkylation sites (tertiary alicyclic amines) is 1. The first-order valence-corrected chi connectivity index (χ1v) is 6.08. The fraction of sp³-hybridized carbons (Fsp3) is 1.00. The lowest BCUT2D eigenvalue weighted by Crippen LogP contribution is -2.51. The Bertz CT molecular complexity index is 212. The molecule has 88 valence electrons. The van der Waals surface area contributed by atoms with Crippen molar-refractivity contribution in [1.29, 1.82) is 0 Å². The zero-order valence-corrected chi connectivity index (χ0v) is 10.2. The molecule has 2 aliphatic heterocycles. The van der Waals surface area contributed by atoms with E-state index < -0.39 is 0 Å². The van der Waals surface area contributed by atoms with Gasteiger partial charge in [-0.25, -0.2) is 0 Å². The van der Waals surface area contributed by atoms with Crippen molar-refractivity contribution in [2.75, 3.05) is 19.6 Å². The molecular weight excluding hydrogens is 188 g/mol. The summed E-state index contributed by atoms with van der Waals surface area (Å²) in [6.45, 7) is 9.83. The molecule has 0 aromatic rings. The molecule has 2 heterocycles. The van der Waals surface area contributed by atoms with Gasteiger partial charge in [-0.05, 0) is 18.3 Å². The molecule has 15 heavy (non-hydrogen) atoms. The molecule has 0 aromatic carbocycles. The number of ether oxygens (including phenoxy) is 1. The average molecular weight is 212 g/mol. The van der Waals surface area contributed by atoms with E-state index in [2.05, 4.69) is 25.7 Å². The molecule has 0 radical (unpaired) electrons. The summed E-state index contributed by atoms with van der Waals surface area (Å²) in [4.78, 5) is 2.49. The van der Waals surface area contributed by atoms with Crippen molar-refractivity contribution in [3.63, 3.8) is 0 Å². The van der Waals surface area contributed by atoms with E-state index in [0.717, 1.165) is 19.6 Å². The zero-order chi connectivity index (χ0) is 11.1. The molecular formula is C12H24N2O. The highest BCUT2D eigenvalue weighted by Gasteiger charge is 2.35. The van der Waals surface area contributed by atoms with Gasteiger partial charge in [-0.1, -0.05) is 20.8 Å². The Morgan fingerprint density at radius 2 is 1.80 bits per heavy atom. The third-order valence-electron chi connectivity index (χ3n) is 3.69. The molecule has 2 fully saturated rings. The zero-order valence-electron chi connectivity index (χ0n) is 10.2. The normalized spacial score (nSPS) is 34.4. The number of rotatable bonds is 2. The van der Waals surface area contributed by atoms with Crippen molar-refractivity contribution < 1.29 is 4.74 Å². The van der Waals surface area contributed by atoms with Crippen LogP contribution in [0, 0.1) is 5.41 Å². The number of morpholine rings is 1. The van der Waals surface area contributed by atoms with E-state index in [0.29, 0.717) is 12.2 Å². The largest absolute Gasteiger partial charge is 0.372 e. The van der Waals surface area contributed by atoms with Gasteiger partial charge in [-0.3, -0.25) is 4.90 Å². The van der Waals surface area contributed by atoms with Gasteiger partial charge in [0.05, 0.1) is 12.2 Å². The second-order valence-electron chi connectivity index (χ2n) is 6.15. The standard InChI is InChI=1S/C12H24N2O/c1-12(2,3)11(13)8-14-6-9-4-5-10(7-14)15-9/h9-11H,4-8,13H2,1-3H3. The summed E-state index contributed by atoms with van der Waals surface area (Å²) in [6, 6.07) is 0.259. The molecule has 2 N–H and O–H groups in total. The van der Waals surface area contributed by atoms with Gasteiger partial charge in [0.15, 0.2) is 0 Å². The number of hydrogen-bond donors (Lipinski definition) is 1. The molecule has 3 unspecified atom stereocenters. The van der Waals surface area contributed by atoms with Crippen LogP contribution in [0.25, 0.3) is 0 Å². The van der Waals surface area contributed by atoms with Crippen molar-refractivity contribution in [2.24, 2.45) is 11.1 Å². The summed E-state index contributed by atoms with van der Waals surface area (Å²) < 4.78 is 5.81. The molecule has 0 aromatic heterocycles. The summed E-state index contributed by atoms with van der Waals surface area (Å²) >= 11 is 0. The molecule has 2 aliphatic rings. The van der Waals surface area contributed by atoms with Gasteiger partial charge >= 0.3 is 0 Å². The lowest BCUT2D eigenvalue weighted by molar-refractivity contribution is -0.0425. The van der Waals surface area contributed by atoms with Crippen LogP contribution in [0.4, 0.5) is 0 Å². The van der Waals surface area contributed by atoms with Gasteiger partial charge in [0.25, 0.3) is 0 Å². The Morgan fingerprint density at radius 3 is 2.27 bits per heavy atom. The molecule has 2 rings (SSSR count). The molecule has 0 saturated carbocycles. The number of nitrogens with two attached hydrogens (primary N) is 1. The van der Waals surface area contributed by atoms with E-state index in [-0.39, 0.29) is 11.5 Å². The van der Waals surface area contributed by atoms with Crippen LogP contribution in [0.5, 0.6) is 0 Å². The van der Waals surface area contributed by atoms with E-state index in [4.69, 9.17) is 10.5 Å². The minimum Gasteiger partial charge on any atom is -0.372 e. The quantitative estimate of drug-likeness (QED) is 0.748. The summed E-state index contributed by atoms with van der Waals surface area (Å²) in [5, 5.41) is 0. The molecule has 3 nitrogen and oxygen atoms in total. The number of hydrogen-bond acceptors (Lipinski definition) is 3. The minimum atomic E-state index is 0.206. The first kappa shape index (κ1) is 11.4. The van der Waals surface area contributed by atoms with Crippen molar-refractivity contribution in [3.05, 3.63) is 0 Å². The molecule has 3 atom stereocenters. The molecule has 3 heteroatoms. The van der Waals surface area contributed by atoms with Gasteiger partial charge < -0.3 is 10.5 Å². The molecule has 2 bridgehead atoms. The fourth-order valence-corrected chi connectivity index (χ4v) is 2.40. The van der Waals surface area contributed by atoms with E-state index in [1.165, 1.54) is 12.8 Å². The lowest BCUT2D eigenvalue weighted by atomic mass is 9.87. The molecule has 0 aliphatic carbocycles. The van der Waals surface area contributed by atoms with Crippen molar-refractivity contribution >= 4 is 0 Å². The Morgan fingerprint density at radius 1 is 1.27 bits per heavy atom. The van der Waals surface area contributed by atoms with Gasteiger partial charge in [0, 0.05) is 25.7 Å². The van der Waals surface area contributed by atoms with Crippen LogP contribution in [-0.4, -0.2) is 42.8 Å². The lowest BCUT2D eigenvalue weighted by Gasteiger charge is -2.37. The average Bonchev–Trinajstić information content (AvgIpc) is 2.44. The van der Waals surface area contributed by atoms with Gasteiger partial charge in [-0.2, -0.15) is 0 Å². The smallest absolute Gasteiger partial charge is 0.0707 e. The predicted molar refractivity (Wildman–Crippen MR) is 61.8 cm³/mol. The van der Waals surface area contributed by atoms with Gasteiger partial charge in [-0.15, -0.1) is 0 Å². The van der Waals surface area contributed by atoms with Crippen LogP contribution in [0.2, 0.25) is 0 Å². The van der Waals surface area contributed by atoms with Crippen molar-refractivity contribution in [3.8, 4) is 0 Å². The minimum absolute atomic E-state index is 0.206. The maximum absolute atomic E-state index is 6.21. The Balaban J connectivity index is 1.85. The van der Waals surface area contributed by atoms with Gasteiger partial charge in [0.1, 0.15) is 0 Å². The second kappa shape index (κ2) is 4.04. The van der Waals surface area contributed by atoms with Crippen LogP contribution < -0.4 is 5.73 Å². The molecule has 0 spiro atoms. The third kappa shape index (κ3) is 2.71. The van der Waals surface area contributed by atoms with E-state index in [1.54, 1.807) is 0 Å². The van der Waals surface area contributed by atoms with E-state index in [1.807, 2.05) is 0 Å². The Labute approximate surface area is 93.0 Å². The Hall–Kier alpha value is -0.120. The highest BCUT2D eigenvalue weighted by atomic mass is 16.5. The number of fused-ring (bicyclic) bond motifs is 2. The van der Waals surface area contributed by atoms with Gasteiger partial charge in [0.2, 0.25) is 0 Å². The van der Waals surface area contributed by atoms with Crippen LogP contribution in [0.15, 0.2) is 0 Å². The summed E-state index contributed by atoms with van der Waals surface area (Å²) in [7, 11) is 0. The third-order valence-corrected chi connectivity index (χ3v) is 3.69.